The summed E-state index contributed by atoms with van der Waals surface area (Å²) in [4.78, 5) is 0. The molecule has 104 valence electrons. The van der Waals surface area contributed by atoms with Crippen molar-refractivity contribution in [2.75, 3.05) is 6.61 Å². The fourth-order valence-corrected chi connectivity index (χ4v) is 2.76. The summed E-state index contributed by atoms with van der Waals surface area (Å²) in [5.74, 6) is 0.792. The van der Waals surface area contributed by atoms with Crippen molar-refractivity contribution >= 4 is 0 Å². The van der Waals surface area contributed by atoms with Crippen molar-refractivity contribution in [3.8, 4) is 6.07 Å². The van der Waals surface area contributed by atoms with Crippen LogP contribution >= 0.6 is 0 Å². The van der Waals surface area contributed by atoms with E-state index in [1.54, 1.807) is 0 Å². The van der Waals surface area contributed by atoms with Crippen LogP contribution in [0.15, 0.2) is 0 Å². The Morgan fingerprint density at radius 2 is 2.17 bits per heavy atom. The maximum absolute atomic E-state index is 9.25. The Kier molecular flexibility index (Phi) is 6.11. The molecule has 0 saturated heterocycles. The van der Waals surface area contributed by atoms with Gasteiger partial charge in [-0.15, -0.1) is 0 Å². The summed E-state index contributed by atoms with van der Waals surface area (Å²) >= 11 is 0. The molecule has 1 rings (SSSR count). The first-order valence-corrected chi connectivity index (χ1v) is 7.26. The molecule has 0 bridgehead atoms. The number of hydrogen-bond acceptors (Lipinski definition) is 3. The Hall–Kier alpha value is -0.590. The van der Waals surface area contributed by atoms with E-state index in [1.807, 2.05) is 6.92 Å². The average molecular weight is 252 g/mol. The Balaban J connectivity index is 2.29. The molecule has 0 aromatic heterocycles. The van der Waals surface area contributed by atoms with E-state index in [2.05, 4.69) is 32.2 Å². The highest BCUT2D eigenvalue weighted by Gasteiger charge is 2.25. The second-order valence-electron chi connectivity index (χ2n) is 6.26. The summed E-state index contributed by atoms with van der Waals surface area (Å²) in [6, 6.07) is 2.69. The quantitative estimate of drug-likeness (QED) is 0.789. The molecule has 1 fully saturated rings. The van der Waals surface area contributed by atoms with Crippen LogP contribution in [0.1, 0.15) is 59.8 Å². The zero-order valence-corrected chi connectivity index (χ0v) is 12.3. The molecule has 1 aliphatic carbocycles. The molecule has 0 amide bonds. The summed E-state index contributed by atoms with van der Waals surface area (Å²) in [5, 5.41) is 12.6. The molecular formula is C15H28N2O. The SMILES string of the molecule is CC1CCCC(OCCC(C)(C#N)NC(C)C)C1. The number of rotatable bonds is 6. The summed E-state index contributed by atoms with van der Waals surface area (Å²) in [6.45, 7) is 9.08. The lowest BCUT2D eigenvalue weighted by atomic mass is 9.88. The number of hydrogen-bond donors (Lipinski definition) is 1. The van der Waals surface area contributed by atoms with Gasteiger partial charge in [-0.25, -0.2) is 0 Å². The lowest BCUT2D eigenvalue weighted by molar-refractivity contribution is 0.00854. The first kappa shape index (κ1) is 15.5. The Labute approximate surface area is 112 Å². The topological polar surface area (TPSA) is 45.0 Å². The molecule has 3 heteroatoms. The molecule has 1 N–H and O–H groups in total. The van der Waals surface area contributed by atoms with Crippen LogP contribution in [0.25, 0.3) is 0 Å². The van der Waals surface area contributed by atoms with E-state index in [4.69, 9.17) is 4.74 Å². The molecule has 0 radical (unpaired) electrons. The van der Waals surface area contributed by atoms with E-state index in [9.17, 15) is 5.26 Å². The van der Waals surface area contributed by atoms with Crippen LogP contribution in [-0.4, -0.2) is 24.3 Å². The zero-order chi connectivity index (χ0) is 13.6. The Bertz CT molecular complexity index is 285. The van der Waals surface area contributed by atoms with Crippen LogP contribution in [0.2, 0.25) is 0 Å². The fraction of sp³-hybridized carbons (Fsp3) is 0.933. The van der Waals surface area contributed by atoms with Gasteiger partial charge < -0.3 is 4.74 Å². The van der Waals surface area contributed by atoms with Crippen molar-refractivity contribution < 1.29 is 4.74 Å². The van der Waals surface area contributed by atoms with Gasteiger partial charge in [-0.05, 0) is 39.5 Å². The van der Waals surface area contributed by atoms with Gasteiger partial charge in [-0.3, -0.25) is 5.32 Å². The molecule has 1 saturated carbocycles. The fourth-order valence-electron chi connectivity index (χ4n) is 2.76. The molecule has 1 aliphatic rings. The van der Waals surface area contributed by atoms with Gasteiger partial charge in [0, 0.05) is 19.1 Å². The summed E-state index contributed by atoms with van der Waals surface area (Å²) < 4.78 is 5.94. The van der Waals surface area contributed by atoms with Crippen LogP contribution in [-0.2, 0) is 4.74 Å². The predicted octanol–water partition coefficient (Wildman–Crippen LogP) is 3.25. The lowest BCUT2D eigenvalue weighted by Gasteiger charge is -2.29. The summed E-state index contributed by atoms with van der Waals surface area (Å²) in [6.07, 6.45) is 6.16. The molecular weight excluding hydrogens is 224 g/mol. The Morgan fingerprint density at radius 1 is 1.44 bits per heavy atom. The summed E-state index contributed by atoms with van der Waals surface area (Å²) in [5.41, 5.74) is -0.464. The van der Waals surface area contributed by atoms with Crippen molar-refractivity contribution in [2.45, 2.75) is 77.5 Å². The zero-order valence-electron chi connectivity index (χ0n) is 12.3. The smallest absolute Gasteiger partial charge is 0.106 e. The third-order valence-corrected chi connectivity index (χ3v) is 3.70. The maximum atomic E-state index is 9.25. The van der Waals surface area contributed by atoms with E-state index in [1.165, 1.54) is 25.7 Å². The molecule has 0 spiro atoms. The van der Waals surface area contributed by atoms with Crippen LogP contribution in [0.4, 0.5) is 0 Å². The van der Waals surface area contributed by atoms with Gasteiger partial charge in [0.05, 0.1) is 12.2 Å². The lowest BCUT2D eigenvalue weighted by Crippen LogP contribution is -2.46. The molecule has 0 aromatic rings. The molecule has 3 unspecified atom stereocenters. The van der Waals surface area contributed by atoms with Gasteiger partial charge in [0.2, 0.25) is 0 Å². The van der Waals surface area contributed by atoms with E-state index in [0.717, 1.165) is 12.3 Å². The highest BCUT2D eigenvalue weighted by atomic mass is 16.5. The minimum atomic E-state index is -0.464. The highest BCUT2D eigenvalue weighted by Crippen LogP contribution is 2.26. The third kappa shape index (κ3) is 5.37. The number of nitrogens with zero attached hydrogens (tertiary/aromatic N) is 1. The van der Waals surface area contributed by atoms with Gasteiger partial charge in [-0.2, -0.15) is 5.26 Å². The van der Waals surface area contributed by atoms with Gasteiger partial charge in [-0.1, -0.05) is 19.8 Å². The van der Waals surface area contributed by atoms with Crippen LogP contribution in [0.5, 0.6) is 0 Å². The Morgan fingerprint density at radius 3 is 2.72 bits per heavy atom. The minimum Gasteiger partial charge on any atom is -0.378 e. The number of ether oxygens (including phenoxy) is 1. The average Bonchev–Trinajstić information content (AvgIpc) is 2.28. The van der Waals surface area contributed by atoms with Gasteiger partial charge in [0.15, 0.2) is 0 Å². The van der Waals surface area contributed by atoms with Crippen molar-refractivity contribution in [1.29, 1.82) is 5.26 Å². The highest BCUT2D eigenvalue weighted by molar-refractivity contribution is 5.04. The monoisotopic (exact) mass is 252 g/mol. The maximum Gasteiger partial charge on any atom is 0.106 e. The largest absolute Gasteiger partial charge is 0.378 e. The van der Waals surface area contributed by atoms with Crippen LogP contribution in [0.3, 0.4) is 0 Å². The van der Waals surface area contributed by atoms with Gasteiger partial charge >= 0.3 is 0 Å². The number of nitriles is 1. The normalized spacial score (nSPS) is 27.8. The molecule has 3 nitrogen and oxygen atoms in total. The molecule has 3 atom stereocenters. The number of nitrogens with one attached hydrogen (secondary N) is 1. The van der Waals surface area contributed by atoms with Crippen molar-refractivity contribution in [2.24, 2.45) is 5.92 Å². The van der Waals surface area contributed by atoms with Crippen LogP contribution in [0, 0.1) is 17.2 Å². The van der Waals surface area contributed by atoms with Crippen LogP contribution < -0.4 is 5.32 Å². The first-order valence-electron chi connectivity index (χ1n) is 7.26. The first-order chi connectivity index (χ1) is 8.45. The van der Waals surface area contributed by atoms with Gasteiger partial charge in [0.1, 0.15) is 5.54 Å². The van der Waals surface area contributed by atoms with E-state index in [0.29, 0.717) is 18.8 Å². The molecule has 0 aromatic carbocycles. The molecule has 18 heavy (non-hydrogen) atoms. The van der Waals surface area contributed by atoms with Crippen molar-refractivity contribution in [3.63, 3.8) is 0 Å². The minimum absolute atomic E-state index is 0.323. The van der Waals surface area contributed by atoms with Crippen molar-refractivity contribution in [3.05, 3.63) is 0 Å². The van der Waals surface area contributed by atoms with Gasteiger partial charge in [0.25, 0.3) is 0 Å². The van der Waals surface area contributed by atoms with E-state index in [-0.39, 0.29) is 0 Å². The predicted molar refractivity (Wildman–Crippen MR) is 74.3 cm³/mol. The van der Waals surface area contributed by atoms with E-state index >= 15 is 0 Å². The third-order valence-electron chi connectivity index (χ3n) is 3.70. The molecule has 0 aliphatic heterocycles. The second kappa shape index (κ2) is 7.11. The van der Waals surface area contributed by atoms with Crippen molar-refractivity contribution in [1.82, 2.24) is 5.32 Å². The van der Waals surface area contributed by atoms with E-state index < -0.39 is 5.54 Å². The second-order valence-corrected chi connectivity index (χ2v) is 6.26. The molecule has 0 heterocycles. The standard InChI is InChI=1S/C15H28N2O/c1-12(2)17-15(4,11-16)8-9-18-14-7-5-6-13(3)10-14/h12-14,17H,5-10H2,1-4H3. The summed E-state index contributed by atoms with van der Waals surface area (Å²) in [7, 11) is 0.